The molecule has 1 saturated carbocycles. The maximum atomic E-state index is 6.07. The molecule has 3 nitrogen and oxygen atoms in total. The summed E-state index contributed by atoms with van der Waals surface area (Å²) in [6.45, 7) is 4.34. The van der Waals surface area contributed by atoms with Gasteiger partial charge in [0.05, 0.1) is 0 Å². The topological polar surface area (TPSA) is 37.8 Å². The van der Waals surface area contributed by atoms with Crippen LogP contribution in [0.3, 0.4) is 0 Å². The Morgan fingerprint density at radius 1 is 1.47 bits per heavy atom. The van der Waals surface area contributed by atoms with Crippen LogP contribution >= 0.6 is 11.6 Å². The van der Waals surface area contributed by atoms with E-state index in [0.29, 0.717) is 5.15 Å². The molecule has 0 spiro atoms. The summed E-state index contributed by atoms with van der Waals surface area (Å²) in [6, 6.07) is 0. The first-order valence-electron chi connectivity index (χ1n) is 5.42. The SMILES string of the molecule is CCCc1c(Cl)ncnc1NC1(C)CC1. The first kappa shape index (κ1) is 10.7. The molecule has 1 aliphatic carbocycles. The molecular weight excluding hydrogens is 210 g/mol. The van der Waals surface area contributed by atoms with Crippen molar-refractivity contribution in [3.05, 3.63) is 17.0 Å². The van der Waals surface area contributed by atoms with Crippen LogP contribution in [0.5, 0.6) is 0 Å². The summed E-state index contributed by atoms with van der Waals surface area (Å²) in [6.07, 6.45) is 5.92. The van der Waals surface area contributed by atoms with E-state index in [1.807, 2.05) is 0 Å². The Balaban J connectivity index is 2.24. The molecule has 0 atom stereocenters. The molecule has 0 aromatic carbocycles. The highest BCUT2D eigenvalue weighted by atomic mass is 35.5. The lowest BCUT2D eigenvalue weighted by Gasteiger charge is -2.15. The van der Waals surface area contributed by atoms with E-state index in [0.717, 1.165) is 24.2 Å². The van der Waals surface area contributed by atoms with Gasteiger partial charge in [0.25, 0.3) is 0 Å². The van der Waals surface area contributed by atoms with Crippen molar-refractivity contribution >= 4 is 17.4 Å². The van der Waals surface area contributed by atoms with Gasteiger partial charge in [-0.05, 0) is 26.2 Å². The van der Waals surface area contributed by atoms with Gasteiger partial charge in [0.2, 0.25) is 0 Å². The summed E-state index contributed by atoms with van der Waals surface area (Å²) in [5.41, 5.74) is 1.29. The van der Waals surface area contributed by atoms with Gasteiger partial charge in [0.15, 0.2) is 0 Å². The van der Waals surface area contributed by atoms with Crippen LogP contribution in [0.25, 0.3) is 0 Å². The molecule has 0 amide bonds. The fourth-order valence-corrected chi connectivity index (χ4v) is 1.80. The van der Waals surface area contributed by atoms with E-state index in [1.54, 1.807) is 0 Å². The quantitative estimate of drug-likeness (QED) is 0.801. The highest BCUT2D eigenvalue weighted by molar-refractivity contribution is 6.30. The molecule has 0 aliphatic heterocycles. The van der Waals surface area contributed by atoms with Crippen LogP contribution < -0.4 is 5.32 Å². The van der Waals surface area contributed by atoms with Crippen molar-refractivity contribution in [2.24, 2.45) is 0 Å². The lowest BCUT2D eigenvalue weighted by atomic mass is 10.1. The van der Waals surface area contributed by atoms with E-state index in [4.69, 9.17) is 11.6 Å². The van der Waals surface area contributed by atoms with Crippen molar-refractivity contribution in [1.29, 1.82) is 0 Å². The molecule has 1 aliphatic rings. The second-order valence-electron chi connectivity index (χ2n) is 4.43. The summed E-state index contributed by atoms with van der Waals surface area (Å²) < 4.78 is 0. The highest BCUT2D eigenvalue weighted by Gasteiger charge is 2.38. The van der Waals surface area contributed by atoms with Crippen LogP contribution in [-0.2, 0) is 6.42 Å². The van der Waals surface area contributed by atoms with E-state index in [1.165, 1.54) is 19.2 Å². The number of anilines is 1. The number of halogens is 1. The number of aromatic nitrogens is 2. The average Bonchev–Trinajstić information content (AvgIpc) is 2.90. The van der Waals surface area contributed by atoms with Crippen molar-refractivity contribution in [3.63, 3.8) is 0 Å². The van der Waals surface area contributed by atoms with Gasteiger partial charge in [0, 0.05) is 11.1 Å². The van der Waals surface area contributed by atoms with Crippen molar-refractivity contribution in [3.8, 4) is 0 Å². The molecule has 1 aromatic heterocycles. The van der Waals surface area contributed by atoms with Gasteiger partial charge in [-0.25, -0.2) is 9.97 Å². The Morgan fingerprint density at radius 2 is 2.20 bits per heavy atom. The van der Waals surface area contributed by atoms with E-state index in [-0.39, 0.29) is 5.54 Å². The van der Waals surface area contributed by atoms with Gasteiger partial charge in [-0.3, -0.25) is 0 Å². The smallest absolute Gasteiger partial charge is 0.137 e. The lowest BCUT2D eigenvalue weighted by Crippen LogP contribution is -2.18. The van der Waals surface area contributed by atoms with Gasteiger partial charge >= 0.3 is 0 Å². The average molecular weight is 226 g/mol. The van der Waals surface area contributed by atoms with Gasteiger partial charge in [-0.1, -0.05) is 24.9 Å². The second-order valence-corrected chi connectivity index (χ2v) is 4.79. The molecular formula is C11H16ClN3. The number of nitrogens with one attached hydrogen (secondary N) is 1. The molecule has 0 unspecified atom stereocenters. The first-order valence-corrected chi connectivity index (χ1v) is 5.80. The fourth-order valence-electron chi connectivity index (χ4n) is 1.57. The Kier molecular flexibility index (Phi) is 2.83. The van der Waals surface area contributed by atoms with Crippen LogP contribution in [0, 0.1) is 0 Å². The molecule has 2 rings (SSSR count). The minimum Gasteiger partial charge on any atom is -0.365 e. The van der Waals surface area contributed by atoms with E-state index in [2.05, 4.69) is 29.1 Å². The number of nitrogens with zero attached hydrogens (tertiary/aromatic N) is 2. The minimum absolute atomic E-state index is 0.236. The largest absolute Gasteiger partial charge is 0.365 e. The normalized spacial score (nSPS) is 17.5. The lowest BCUT2D eigenvalue weighted by molar-refractivity contribution is 0.806. The molecule has 0 radical (unpaired) electrons. The van der Waals surface area contributed by atoms with E-state index in [9.17, 15) is 0 Å². The number of rotatable bonds is 4. The molecule has 15 heavy (non-hydrogen) atoms. The Bertz CT molecular complexity index is 361. The predicted octanol–water partition coefficient (Wildman–Crippen LogP) is 3.05. The number of hydrogen-bond acceptors (Lipinski definition) is 3. The Hall–Kier alpha value is -0.830. The first-order chi connectivity index (χ1) is 7.14. The molecule has 0 bridgehead atoms. The number of hydrogen-bond donors (Lipinski definition) is 1. The third-order valence-corrected chi connectivity index (χ3v) is 3.14. The van der Waals surface area contributed by atoms with Gasteiger partial charge in [-0.15, -0.1) is 0 Å². The summed E-state index contributed by atoms with van der Waals surface area (Å²) >= 11 is 6.07. The van der Waals surface area contributed by atoms with Crippen LogP contribution in [-0.4, -0.2) is 15.5 Å². The highest BCUT2D eigenvalue weighted by Crippen LogP contribution is 2.39. The molecule has 1 fully saturated rings. The van der Waals surface area contributed by atoms with E-state index < -0.39 is 0 Å². The summed E-state index contributed by atoms with van der Waals surface area (Å²) in [5.74, 6) is 0.914. The maximum absolute atomic E-state index is 6.07. The molecule has 1 N–H and O–H groups in total. The van der Waals surface area contributed by atoms with Crippen LogP contribution in [0.15, 0.2) is 6.33 Å². The summed E-state index contributed by atoms with van der Waals surface area (Å²) in [7, 11) is 0. The molecule has 0 saturated heterocycles. The van der Waals surface area contributed by atoms with Crippen molar-refractivity contribution < 1.29 is 0 Å². The zero-order valence-corrected chi connectivity index (χ0v) is 9.93. The van der Waals surface area contributed by atoms with Gasteiger partial charge < -0.3 is 5.32 Å². The maximum Gasteiger partial charge on any atom is 0.137 e. The third-order valence-electron chi connectivity index (χ3n) is 2.81. The zero-order chi connectivity index (χ0) is 10.9. The standard InChI is InChI=1S/C11H16ClN3/c1-3-4-8-9(12)13-7-14-10(8)15-11(2)5-6-11/h7H,3-6H2,1-2H3,(H,13,14,15). The van der Waals surface area contributed by atoms with Crippen molar-refractivity contribution in [2.45, 2.75) is 45.1 Å². The predicted molar refractivity (Wildman–Crippen MR) is 62.3 cm³/mol. The third kappa shape index (κ3) is 2.40. The molecule has 1 aromatic rings. The zero-order valence-electron chi connectivity index (χ0n) is 9.18. The fraction of sp³-hybridized carbons (Fsp3) is 0.636. The van der Waals surface area contributed by atoms with Crippen molar-refractivity contribution in [2.75, 3.05) is 5.32 Å². The second kappa shape index (κ2) is 3.97. The van der Waals surface area contributed by atoms with Crippen LogP contribution in [0.4, 0.5) is 5.82 Å². The van der Waals surface area contributed by atoms with Crippen molar-refractivity contribution in [1.82, 2.24) is 9.97 Å². The summed E-state index contributed by atoms with van der Waals surface area (Å²) in [5, 5.41) is 4.03. The van der Waals surface area contributed by atoms with Crippen LogP contribution in [0.1, 0.15) is 38.7 Å². The van der Waals surface area contributed by atoms with E-state index >= 15 is 0 Å². The molecule has 1 heterocycles. The Labute approximate surface area is 95.3 Å². The summed E-state index contributed by atoms with van der Waals surface area (Å²) in [4.78, 5) is 8.30. The molecule has 4 heteroatoms. The minimum atomic E-state index is 0.236. The van der Waals surface area contributed by atoms with Crippen LogP contribution in [0.2, 0.25) is 5.15 Å². The van der Waals surface area contributed by atoms with Gasteiger partial charge in [-0.2, -0.15) is 0 Å². The monoisotopic (exact) mass is 225 g/mol. The Morgan fingerprint density at radius 3 is 2.80 bits per heavy atom. The van der Waals surface area contributed by atoms with Gasteiger partial charge in [0.1, 0.15) is 17.3 Å². The molecule has 82 valence electrons.